The van der Waals surface area contributed by atoms with Crippen LogP contribution >= 0.6 is 11.8 Å². The van der Waals surface area contributed by atoms with E-state index >= 15 is 0 Å². The molecule has 0 saturated heterocycles. The van der Waals surface area contributed by atoms with E-state index in [1.165, 1.54) is 11.8 Å². The third kappa shape index (κ3) is 14.2. The number of aromatic nitrogens is 1. The molecule has 0 bridgehead atoms. The molecule has 5 N–H and O–H groups in total. The molecule has 1 aromatic carbocycles. The molecule has 46 heavy (non-hydrogen) atoms. The Balaban J connectivity index is 2.00. The molecule has 1 aromatic heterocycles. The van der Waals surface area contributed by atoms with Gasteiger partial charge in [-0.3, -0.25) is 19.4 Å². The van der Waals surface area contributed by atoms with Crippen molar-refractivity contribution in [3.8, 4) is 0 Å². The van der Waals surface area contributed by atoms with Crippen molar-refractivity contribution >= 4 is 35.6 Å². The minimum absolute atomic E-state index is 0.0114. The number of hydrogen-bond acceptors (Lipinski definition) is 8. The first-order chi connectivity index (χ1) is 21.9. The third-order valence-electron chi connectivity index (χ3n) is 7.43. The van der Waals surface area contributed by atoms with Crippen LogP contribution in [0.2, 0.25) is 0 Å². The van der Waals surface area contributed by atoms with Gasteiger partial charge in [-0.25, -0.2) is 4.79 Å². The number of nitrogens with one attached hydrogen (secondary N) is 4. The fraction of sp³-hybridized carbons (Fsp3) is 0.559. The zero-order valence-corrected chi connectivity index (χ0v) is 28.6. The van der Waals surface area contributed by atoms with Crippen LogP contribution in [0.15, 0.2) is 54.9 Å². The van der Waals surface area contributed by atoms with Crippen molar-refractivity contribution in [2.75, 3.05) is 12.0 Å². The largest absolute Gasteiger partial charge is 0.445 e. The Kier molecular flexibility index (Phi) is 17.2. The van der Waals surface area contributed by atoms with E-state index in [-0.39, 0.29) is 36.7 Å². The fourth-order valence-corrected chi connectivity index (χ4v) is 5.25. The molecular formula is C34H51N5O6S. The van der Waals surface area contributed by atoms with Gasteiger partial charge in [-0.1, -0.05) is 71.0 Å². The summed E-state index contributed by atoms with van der Waals surface area (Å²) in [6.07, 6.45) is 4.23. The molecule has 0 spiro atoms. The van der Waals surface area contributed by atoms with Gasteiger partial charge in [-0.2, -0.15) is 11.8 Å². The van der Waals surface area contributed by atoms with Crippen molar-refractivity contribution in [2.24, 2.45) is 17.8 Å². The van der Waals surface area contributed by atoms with E-state index in [1.807, 2.05) is 64.3 Å². The molecule has 0 aliphatic heterocycles. The van der Waals surface area contributed by atoms with Gasteiger partial charge in [0.25, 0.3) is 0 Å². The van der Waals surface area contributed by atoms with Crippen LogP contribution in [-0.4, -0.2) is 70.1 Å². The highest BCUT2D eigenvalue weighted by Gasteiger charge is 2.31. The van der Waals surface area contributed by atoms with Gasteiger partial charge in [0.05, 0.1) is 12.1 Å². The molecule has 5 atom stereocenters. The van der Waals surface area contributed by atoms with Crippen molar-refractivity contribution < 1.29 is 29.0 Å². The van der Waals surface area contributed by atoms with E-state index in [2.05, 4.69) is 26.3 Å². The Morgan fingerprint density at radius 3 is 2.17 bits per heavy atom. The van der Waals surface area contributed by atoms with E-state index in [9.17, 15) is 24.3 Å². The third-order valence-corrected chi connectivity index (χ3v) is 8.07. The standard InChI is InChI=1S/C34H51N5O6S/c1-22(2)17-28(37-32(42)27(14-16-46-6)38-34(44)45-21-26-13-10-15-35-19-26)29(40)18-24(5)31(41)39-30(23(3)4)33(43)36-20-25-11-8-7-9-12-25/h7-13,15,19,22-24,27-30,40H,14,16-18,20-21H2,1-6H3,(H,36,43)(H,37,42)(H,38,44)(H,39,41)/t24-,27?,28+,29+,30+/m1/s1. The number of hydrogen-bond donors (Lipinski definition) is 5. The Bertz CT molecular complexity index is 1220. The first-order valence-corrected chi connectivity index (χ1v) is 17.2. The Morgan fingerprint density at radius 1 is 0.870 bits per heavy atom. The molecular weight excluding hydrogens is 606 g/mol. The van der Waals surface area contributed by atoms with E-state index in [1.54, 1.807) is 31.5 Å². The van der Waals surface area contributed by atoms with Crippen molar-refractivity contribution in [2.45, 2.75) is 91.3 Å². The molecule has 0 radical (unpaired) electrons. The van der Waals surface area contributed by atoms with Crippen LogP contribution in [-0.2, 0) is 32.3 Å². The topological polar surface area (TPSA) is 159 Å². The summed E-state index contributed by atoms with van der Waals surface area (Å²) in [7, 11) is 0. The lowest BCUT2D eigenvalue weighted by molar-refractivity contribution is -0.132. The molecule has 4 amide bonds. The molecule has 0 saturated carbocycles. The predicted molar refractivity (Wildman–Crippen MR) is 181 cm³/mol. The molecule has 1 heterocycles. The minimum Gasteiger partial charge on any atom is -0.445 e. The molecule has 11 nitrogen and oxygen atoms in total. The lowest BCUT2D eigenvalue weighted by Gasteiger charge is -2.30. The molecule has 254 valence electrons. The van der Waals surface area contributed by atoms with Gasteiger partial charge in [0, 0.05) is 30.4 Å². The first kappa shape index (κ1) is 38.5. The number of carbonyl (C=O) groups is 4. The highest BCUT2D eigenvalue weighted by molar-refractivity contribution is 7.98. The zero-order valence-electron chi connectivity index (χ0n) is 27.8. The minimum atomic E-state index is -1.05. The summed E-state index contributed by atoms with van der Waals surface area (Å²) in [4.78, 5) is 56.1. The number of aliphatic hydroxyl groups is 1. The average molecular weight is 658 g/mol. The number of aliphatic hydroxyl groups excluding tert-OH is 1. The monoisotopic (exact) mass is 657 g/mol. The van der Waals surface area contributed by atoms with Crippen LogP contribution in [0.4, 0.5) is 4.79 Å². The maximum Gasteiger partial charge on any atom is 0.408 e. The summed E-state index contributed by atoms with van der Waals surface area (Å²) < 4.78 is 5.29. The highest BCUT2D eigenvalue weighted by atomic mass is 32.2. The summed E-state index contributed by atoms with van der Waals surface area (Å²) in [5, 5.41) is 22.5. The maximum atomic E-state index is 13.4. The Labute approximate surface area is 277 Å². The molecule has 0 aliphatic carbocycles. The second-order valence-corrected chi connectivity index (χ2v) is 13.3. The fourth-order valence-electron chi connectivity index (χ4n) is 4.78. The number of ether oxygens (including phenoxy) is 1. The van der Waals surface area contributed by atoms with E-state index in [4.69, 9.17) is 4.74 Å². The number of amides is 4. The van der Waals surface area contributed by atoms with Crippen LogP contribution < -0.4 is 21.3 Å². The van der Waals surface area contributed by atoms with Crippen LogP contribution in [0.25, 0.3) is 0 Å². The van der Waals surface area contributed by atoms with E-state index in [0.717, 1.165) is 5.56 Å². The number of benzene rings is 1. The SMILES string of the molecule is CSCCC(NC(=O)OCc1cccnc1)C(=O)N[C@@H](CC(C)C)[C@@H](O)C[C@@H](C)C(=O)N[C@H](C(=O)NCc1ccccc1)C(C)C. The van der Waals surface area contributed by atoms with Gasteiger partial charge in [0.1, 0.15) is 18.7 Å². The van der Waals surface area contributed by atoms with Crippen LogP contribution in [0.5, 0.6) is 0 Å². The zero-order chi connectivity index (χ0) is 34.1. The van der Waals surface area contributed by atoms with E-state index < -0.39 is 42.1 Å². The number of carbonyl (C=O) groups excluding carboxylic acids is 4. The van der Waals surface area contributed by atoms with Crippen LogP contribution in [0, 0.1) is 17.8 Å². The molecule has 2 aromatic rings. The van der Waals surface area contributed by atoms with Gasteiger partial charge in [0.2, 0.25) is 17.7 Å². The number of thioether (sulfide) groups is 1. The number of pyridine rings is 1. The molecule has 2 rings (SSSR count). The van der Waals surface area contributed by atoms with Gasteiger partial charge in [-0.05, 0) is 54.7 Å². The van der Waals surface area contributed by atoms with Crippen molar-refractivity contribution in [1.29, 1.82) is 0 Å². The van der Waals surface area contributed by atoms with Gasteiger partial charge >= 0.3 is 6.09 Å². The molecule has 0 fully saturated rings. The van der Waals surface area contributed by atoms with Gasteiger partial charge < -0.3 is 31.1 Å². The second-order valence-electron chi connectivity index (χ2n) is 12.3. The summed E-state index contributed by atoms with van der Waals surface area (Å²) in [6.45, 7) is 9.71. The first-order valence-electron chi connectivity index (χ1n) is 15.8. The summed E-state index contributed by atoms with van der Waals surface area (Å²) >= 11 is 1.54. The molecule has 0 aliphatic rings. The normalized spacial score (nSPS) is 14.5. The summed E-state index contributed by atoms with van der Waals surface area (Å²) in [5.41, 5.74) is 1.67. The van der Waals surface area contributed by atoms with Crippen molar-refractivity contribution in [1.82, 2.24) is 26.3 Å². The Morgan fingerprint density at radius 2 is 1.57 bits per heavy atom. The average Bonchev–Trinajstić information content (AvgIpc) is 3.03. The summed E-state index contributed by atoms with van der Waals surface area (Å²) in [6, 6.07) is 10.7. The molecule has 12 heteroatoms. The number of rotatable bonds is 19. The van der Waals surface area contributed by atoms with Gasteiger partial charge in [0.15, 0.2) is 0 Å². The number of alkyl carbamates (subject to hydrolysis) is 1. The van der Waals surface area contributed by atoms with Gasteiger partial charge in [-0.15, -0.1) is 0 Å². The predicted octanol–water partition coefficient (Wildman–Crippen LogP) is 3.80. The van der Waals surface area contributed by atoms with Crippen molar-refractivity contribution in [3.63, 3.8) is 0 Å². The Hall–Kier alpha value is -3.64. The van der Waals surface area contributed by atoms with Crippen molar-refractivity contribution in [3.05, 3.63) is 66.0 Å². The molecule has 1 unspecified atom stereocenters. The quantitative estimate of drug-likeness (QED) is 0.153. The maximum absolute atomic E-state index is 13.4. The summed E-state index contributed by atoms with van der Waals surface area (Å²) in [5.74, 6) is -1.14. The lowest BCUT2D eigenvalue weighted by atomic mass is 9.91. The lowest BCUT2D eigenvalue weighted by Crippen LogP contribution is -2.54. The van der Waals surface area contributed by atoms with Crippen LogP contribution in [0.1, 0.15) is 65.0 Å². The second kappa shape index (κ2) is 20.5. The van der Waals surface area contributed by atoms with Crippen LogP contribution in [0.3, 0.4) is 0 Å². The number of nitrogens with zero attached hydrogens (tertiary/aromatic N) is 1. The van der Waals surface area contributed by atoms with E-state index in [0.29, 0.717) is 30.7 Å². The highest BCUT2D eigenvalue weighted by Crippen LogP contribution is 2.17. The smallest absolute Gasteiger partial charge is 0.408 e.